The van der Waals surface area contributed by atoms with Gasteiger partial charge >= 0.3 is 0 Å². The Bertz CT molecular complexity index is 711. The van der Waals surface area contributed by atoms with Crippen LogP contribution in [0.3, 0.4) is 0 Å². The largest absolute Gasteiger partial charge is 0.352 e. The summed E-state index contributed by atoms with van der Waals surface area (Å²) >= 11 is 0. The smallest absolute Gasteiger partial charge is 0.220 e. The molecule has 0 spiro atoms. The van der Waals surface area contributed by atoms with Crippen LogP contribution in [0.1, 0.15) is 43.2 Å². The van der Waals surface area contributed by atoms with Crippen LogP contribution in [0.4, 0.5) is 0 Å². The van der Waals surface area contributed by atoms with Gasteiger partial charge in [0.25, 0.3) is 0 Å². The normalized spacial score (nSPS) is 23.2. The summed E-state index contributed by atoms with van der Waals surface area (Å²) in [7, 11) is 0. The third kappa shape index (κ3) is 5.71. The van der Waals surface area contributed by atoms with Gasteiger partial charge in [-0.15, -0.1) is 24.8 Å². The molecule has 1 aromatic carbocycles. The second-order valence-electron chi connectivity index (χ2n) is 7.46. The Kier molecular flexibility index (Phi) is 8.14. The molecule has 5 nitrogen and oxygen atoms in total. The minimum atomic E-state index is 0. The van der Waals surface area contributed by atoms with E-state index < -0.39 is 0 Å². The van der Waals surface area contributed by atoms with Crippen LogP contribution in [0, 0.1) is 5.92 Å². The van der Waals surface area contributed by atoms with Crippen LogP contribution in [0.2, 0.25) is 0 Å². The Hall–Kier alpha value is -1.56. The Labute approximate surface area is 173 Å². The van der Waals surface area contributed by atoms with Crippen LogP contribution in [0.15, 0.2) is 43.0 Å². The maximum Gasteiger partial charge on any atom is 0.220 e. The molecule has 4 rings (SSSR count). The summed E-state index contributed by atoms with van der Waals surface area (Å²) in [6.45, 7) is 1.38. The van der Waals surface area contributed by atoms with Crippen LogP contribution in [-0.2, 0) is 17.9 Å². The molecule has 2 aromatic rings. The molecule has 0 aliphatic carbocycles. The van der Waals surface area contributed by atoms with Gasteiger partial charge in [0.1, 0.15) is 0 Å². The second kappa shape index (κ2) is 10.1. The number of piperidine rings is 1. The minimum Gasteiger partial charge on any atom is -0.352 e. The summed E-state index contributed by atoms with van der Waals surface area (Å²) in [5, 5.41) is 6.77. The van der Waals surface area contributed by atoms with Gasteiger partial charge in [-0.05, 0) is 42.7 Å². The quantitative estimate of drug-likeness (QED) is 0.767. The summed E-state index contributed by atoms with van der Waals surface area (Å²) in [5.74, 6) is 0.726. The van der Waals surface area contributed by atoms with E-state index in [1.165, 1.54) is 24.0 Å². The van der Waals surface area contributed by atoms with Gasteiger partial charge in [0.15, 0.2) is 0 Å². The molecular formula is C20H28Cl2N4O. The Morgan fingerprint density at radius 3 is 2.52 bits per heavy atom. The van der Waals surface area contributed by atoms with Crippen molar-refractivity contribution >= 4 is 30.7 Å². The van der Waals surface area contributed by atoms with E-state index in [9.17, 15) is 4.79 Å². The van der Waals surface area contributed by atoms with Crippen LogP contribution in [-0.4, -0.2) is 27.5 Å². The number of amides is 1. The zero-order valence-electron chi connectivity index (χ0n) is 15.3. The summed E-state index contributed by atoms with van der Waals surface area (Å²) in [6, 6.07) is 9.58. The Balaban J connectivity index is 0.00000131. The van der Waals surface area contributed by atoms with Crippen molar-refractivity contribution < 1.29 is 4.79 Å². The monoisotopic (exact) mass is 410 g/mol. The van der Waals surface area contributed by atoms with E-state index in [0.29, 0.717) is 31.0 Å². The standard InChI is InChI=1S/C20H26N4O.2ClH/c25-20(11-15-9-18-5-6-19(10-15)23-18)22-12-16-3-1-2-4-17(16)13-24-8-7-21-14-24;;/h1-4,7-8,14-15,18-19,23H,5-6,9-13H2,(H,22,25);2*1H. The average Bonchev–Trinajstić information content (AvgIpc) is 3.24. The van der Waals surface area contributed by atoms with Gasteiger partial charge in [0.05, 0.1) is 6.33 Å². The Morgan fingerprint density at radius 1 is 1.15 bits per heavy atom. The van der Waals surface area contributed by atoms with Crippen molar-refractivity contribution in [3.63, 3.8) is 0 Å². The van der Waals surface area contributed by atoms with Crippen LogP contribution in [0.25, 0.3) is 0 Å². The number of nitrogens with one attached hydrogen (secondary N) is 2. The van der Waals surface area contributed by atoms with E-state index >= 15 is 0 Å². The number of hydrogen-bond acceptors (Lipinski definition) is 3. The molecule has 2 bridgehead atoms. The van der Waals surface area contributed by atoms with Gasteiger partial charge < -0.3 is 15.2 Å². The Morgan fingerprint density at radius 2 is 1.85 bits per heavy atom. The van der Waals surface area contributed by atoms with Crippen molar-refractivity contribution in [1.82, 2.24) is 20.2 Å². The SMILES string of the molecule is Cl.Cl.O=C(CC1CC2CCC(C1)N2)NCc1ccccc1Cn1ccnc1. The molecule has 1 aromatic heterocycles. The fourth-order valence-corrected chi connectivity index (χ4v) is 4.33. The fraction of sp³-hybridized carbons (Fsp3) is 0.500. The maximum absolute atomic E-state index is 12.4. The van der Waals surface area contributed by atoms with Crippen LogP contribution < -0.4 is 10.6 Å². The lowest BCUT2D eigenvalue weighted by molar-refractivity contribution is -0.122. The molecule has 2 saturated heterocycles. The molecular weight excluding hydrogens is 383 g/mol. The molecule has 3 heterocycles. The van der Waals surface area contributed by atoms with Crippen molar-refractivity contribution in [2.45, 2.75) is 57.3 Å². The number of carbonyl (C=O) groups is 1. The van der Waals surface area contributed by atoms with E-state index in [-0.39, 0.29) is 30.7 Å². The first-order valence-corrected chi connectivity index (χ1v) is 9.31. The van der Waals surface area contributed by atoms with E-state index in [1.807, 2.05) is 29.2 Å². The lowest BCUT2D eigenvalue weighted by Gasteiger charge is -2.28. The second-order valence-corrected chi connectivity index (χ2v) is 7.46. The molecule has 148 valence electrons. The van der Waals surface area contributed by atoms with E-state index in [2.05, 4.69) is 27.8 Å². The number of hydrogen-bond donors (Lipinski definition) is 2. The molecule has 0 radical (unpaired) electrons. The number of fused-ring (bicyclic) bond motifs is 2. The summed E-state index contributed by atoms with van der Waals surface area (Å²) in [4.78, 5) is 16.5. The van der Waals surface area contributed by atoms with Crippen LogP contribution in [0.5, 0.6) is 0 Å². The average molecular weight is 411 g/mol. The van der Waals surface area contributed by atoms with Crippen molar-refractivity contribution in [3.05, 3.63) is 54.1 Å². The minimum absolute atomic E-state index is 0. The predicted octanol–water partition coefficient (Wildman–Crippen LogP) is 3.31. The van der Waals surface area contributed by atoms with Gasteiger partial charge in [-0.3, -0.25) is 4.79 Å². The molecule has 2 aliphatic rings. The van der Waals surface area contributed by atoms with Gasteiger partial charge in [-0.25, -0.2) is 4.98 Å². The van der Waals surface area contributed by atoms with Crippen molar-refractivity contribution in [1.29, 1.82) is 0 Å². The topological polar surface area (TPSA) is 59.0 Å². The number of benzene rings is 1. The van der Waals surface area contributed by atoms with Gasteiger partial charge in [-0.2, -0.15) is 0 Å². The lowest BCUT2D eigenvalue weighted by Crippen LogP contribution is -2.39. The van der Waals surface area contributed by atoms with E-state index in [1.54, 1.807) is 6.20 Å². The maximum atomic E-state index is 12.4. The van der Waals surface area contributed by atoms with Gasteiger partial charge in [0.2, 0.25) is 5.91 Å². The lowest BCUT2D eigenvalue weighted by atomic mass is 9.89. The van der Waals surface area contributed by atoms with E-state index in [4.69, 9.17) is 0 Å². The van der Waals surface area contributed by atoms with Crippen molar-refractivity contribution in [2.24, 2.45) is 5.92 Å². The highest BCUT2D eigenvalue weighted by Gasteiger charge is 2.34. The highest BCUT2D eigenvalue weighted by atomic mass is 35.5. The molecule has 0 saturated carbocycles. The predicted molar refractivity (Wildman–Crippen MR) is 111 cm³/mol. The molecule has 27 heavy (non-hydrogen) atoms. The first kappa shape index (κ1) is 21.7. The molecule has 7 heteroatoms. The number of rotatable bonds is 6. The summed E-state index contributed by atoms with van der Waals surface area (Å²) in [5.41, 5.74) is 2.40. The van der Waals surface area contributed by atoms with Gasteiger partial charge in [0, 0.05) is 44.0 Å². The highest BCUT2D eigenvalue weighted by Crippen LogP contribution is 2.32. The zero-order chi connectivity index (χ0) is 17.1. The van der Waals surface area contributed by atoms with E-state index in [0.717, 1.165) is 19.4 Å². The highest BCUT2D eigenvalue weighted by molar-refractivity contribution is 5.85. The first-order valence-electron chi connectivity index (χ1n) is 9.31. The van der Waals surface area contributed by atoms with Crippen LogP contribution >= 0.6 is 24.8 Å². The fourth-order valence-electron chi connectivity index (χ4n) is 4.33. The third-order valence-electron chi connectivity index (χ3n) is 5.55. The molecule has 1 amide bonds. The first-order chi connectivity index (χ1) is 12.3. The molecule has 2 unspecified atom stereocenters. The zero-order valence-corrected chi connectivity index (χ0v) is 17.0. The molecule has 2 aliphatic heterocycles. The number of halogens is 2. The third-order valence-corrected chi connectivity index (χ3v) is 5.55. The number of aromatic nitrogens is 2. The number of nitrogens with zero attached hydrogens (tertiary/aromatic N) is 2. The molecule has 2 atom stereocenters. The number of imidazole rings is 1. The van der Waals surface area contributed by atoms with Gasteiger partial charge in [-0.1, -0.05) is 24.3 Å². The summed E-state index contributed by atoms with van der Waals surface area (Å²) in [6.07, 6.45) is 11.1. The van der Waals surface area contributed by atoms with Crippen molar-refractivity contribution in [2.75, 3.05) is 0 Å². The summed E-state index contributed by atoms with van der Waals surface area (Å²) < 4.78 is 2.05. The van der Waals surface area contributed by atoms with Crippen molar-refractivity contribution in [3.8, 4) is 0 Å². The molecule has 2 fully saturated rings. The molecule has 2 N–H and O–H groups in total. The number of carbonyl (C=O) groups excluding carboxylic acids is 1.